The Morgan fingerprint density at radius 1 is 1.54 bits per heavy atom. The fourth-order valence-corrected chi connectivity index (χ4v) is 1.38. The van der Waals surface area contributed by atoms with E-state index >= 15 is 0 Å². The van der Waals surface area contributed by atoms with E-state index in [1.165, 1.54) is 0 Å². The van der Waals surface area contributed by atoms with E-state index in [4.69, 9.17) is 5.73 Å². The molecule has 3 N–H and O–H groups in total. The van der Waals surface area contributed by atoms with Crippen LogP contribution in [-0.2, 0) is 4.79 Å². The molecule has 0 aliphatic heterocycles. The van der Waals surface area contributed by atoms with E-state index < -0.39 is 0 Å². The summed E-state index contributed by atoms with van der Waals surface area (Å²) in [5, 5.41) is 3.25. The first-order valence-electron chi connectivity index (χ1n) is 4.48. The van der Waals surface area contributed by atoms with Gasteiger partial charge in [0.05, 0.1) is 5.75 Å². The van der Waals surface area contributed by atoms with Crippen LogP contribution in [0.4, 0.5) is 0 Å². The molecule has 0 aliphatic carbocycles. The Labute approximate surface area is 84.8 Å². The second-order valence-corrected chi connectivity index (χ2v) is 5.58. The predicted molar refractivity (Wildman–Crippen MR) is 58.9 cm³/mol. The number of hydrogen-bond donors (Lipinski definition) is 2. The second kappa shape index (κ2) is 5.50. The minimum atomic E-state index is -0.135. The normalized spacial score (nSPS) is 13.9. The molecule has 1 atom stereocenters. The van der Waals surface area contributed by atoms with Crippen molar-refractivity contribution in [2.45, 2.75) is 38.5 Å². The first-order valence-corrected chi connectivity index (χ1v) is 5.52. The van der Waals surface area contributed by atoms with Gasteiger partial charge >= 0.3 is 0 Å². The molecule has 0 rings (SSSR count). The van der Waals surface area contributed by atoms with Crippen LogP contribution in [0.3, 0.4) is 0 Å². The molecule has 0 fully saturated rings. The summed E-state index contributed by atoms with van der Waals surface area (Å²) >= 11 is 1.59. The molecule has 0 aromatic carbocycles. The average molecular weight is 204 g/mol. The molecule has 0 spiro atoms. The van der Waals surface area contributed by atoms with Crippen LogP contribution < -0.4 is 11.1 Å². The number of nitrogens with two attached hydrogens (primary N) is 1. The lowest BCUT2D eigenvalue weighted by Gasteiger charge is -2.20. The van der Waals surface area contributed by atoms with Crippen molar-refractivity contribution in [2.24, 2.45) is 5.73 Å². The minimum Gasteiger partial charge on any atom is -0.351 e. The van der Waals surface area contributed by atoms with Gasteiger partial charge in [0.25, 0.3) is 0 Å². The molecular weight excluding hydrogens is 184 g/mol. The Bertz CT molecular complexity index is 165. The van der Waals surface area contributed by atoms with Crippen molar-refractivity contribution in [3.8, 4) is 0 Å². The Hall–Kier alpha value is -0.220. The van der Waals surface area contributed by atoms with Crippen LogP contribution in [0.25, 0.3) is 0 Å². The zero-order valence-electron chi connectivity index (χ0n) is 8.89. The van der Waals surface area contributed by atoms with Crippen LogP contribution in [0.1, 0.15) is 27.7 Å². The number of carbonyl (C=O) groups excluding carboxylic acids is 1. The molecule has 0 aromatic heterocycles. The molecule has 0 radical (unpaired) electrons. The number of carbonyl (C=O) groups is 1. The van der Waals surface area contributed by atoms with Crippen LogP contribution in [0, 0.1) is 0 Å². The Morgan fingerprint density at radius 2 is 2.08 bits per heavy atom. The van der Waals surface area contributed by atoms with E-state index in [1.807, 2.05) is 27.7 Å². The highest BCUT2D eigenvalue weighted by Gasteiger charge is 2.14. The lowest BCUT2D eigenvalue weighted by molar-refractivity contribution is -0.119. The van der Waals surface area contributed by atoms with Crippen LogP contribution in [0.5, 0.6) is 0 Å². The first-order chi connectivity index (χ1) is 5.85. The van der Waals surface area contributed by atoms with E-state index in [1.54, 1.807) is 11.8 Å². The largest absolute Gasteiger partial charge is 0.351 e. The van der Waals surface area contributed by atoms with Crippen LogP contribution in [0.2, 0.25) is 0 Å². The smallest absolute Gasteiger partial charge is 0.230 e. The van der Waals surface area contributed by atoms with Gasteiger partial charge in [-0.2, -0.15) is 0 Å². The van der Waals surface area contributed by atoms with Gasteiger partial charge in [0.2, 0.25) is 5.91 Å². The van der Waals surface area contributed by atoms with E-state index in [0.717, 1.165) is 0 Å². The van der Waals surface area contributed by atoms with Gasteiger partial charge in [-0.15, -0.1) is 11.8 Å². The monoisotopic (exact) mass is 204 g/mol. The summed E-state index contributed by atoms with van der Waals surface area (Å²) in [7, 11) is 0. The van der Waals surface area contributed by atoms with Gasteiger partial charge in [0.15, 0.2) is 0 Å². The summed E-state index contributed by atoms with van der Waals surface area (Å²) in [6.45, 7) is 8.56. The summed E-state index contributed by atoms with van der Waals surface area (Å²) in [5.74, 6) is 0.577. The third-order valence-electron chi connectivity index (χ3n) is 1.35. The van der Waals surface area contributed by atoms with Crippen LogP contribution in [-0.4, -0.2) is 29.0 Å². The predicted octanol–water partition coefficient (Wildman–Crippen LogP) is 0.981. The Balaban J connectivity index is 3.64. The lowest BCUT2D eigenvalue weighted by atomic mass is 10.1. The van der Waals surface area contributed by atoms with Gasteiger partial charge in [-0.1, -0.05) is 6.92 Å². The molecule has 4 heteroatoms. The third kappa shape index (κ3) is 8.12. The summed E-state index contributed by atoms with van der Waals surface area (Å²) in [6.07, 6.45) is 0. The van der Waals surface area contributed by atoms with Gasteiger partial charge in [0.1, 0.15) is 0 Å². The molecule has 0 heterocycles. The van der Waals surface area contributed by atoms with Crippen molar-refractivity contribution in [1.29, 1.82) is 0 Å². The first kappa shape index (κ1) is 12.8. The minimum absolute atomic E-state index is 0.0813. The summed E-state index contributed by atoms with van der Waals surface area (Å²) in [6, 6.07) is 0. The molecule has 78 valence electrons. The highest BCUT2D eigenvalue weighted by molar-refractivity contribution is 8.00. The highest BCUT2D eigenvalue weighted by atomic mass is 32.2. The summed E-state index contributed by atoms with van der Waals surface area (Å²) < 4.78 is 0. The third-order valence-corrected chi connectivity index (χ3v) is 2.54. The Kier molecular flexibility index (Phi) is 5.40. The molecular formula is C9H20N2OS. The standard InChI is InChI=1S/C9H20N2OS/c1-7(5-10)13-6-8(12)11-9(2,3)4/h7H,5-6,10H2,1-4H3,(H,11,12). The molecule has 1 unspecified atom stereocenters. The van der Waals surface area contributed by atoms with Crippen molar-refractivity contribution >= 4 is 17.7 Å². The second-order valence-electron chi connectivity index (χ2n) is 4.16. The number of thioether (sulfide) groups is 1. The van der Waals surface area contributed by atoms with Gasteiger partial charge in [0, 0.05) is 17.3 Å². The van der Waals surface area contributed by atoms with E-state index in [-0.39, 0.29) is 11.4 Å². The fourth-order valence-electron chi connectivity index (χ4n) is 0.740. The molecule has 0 saturated carbocycles. The maximum Gasteiger partial charge on any atom is 0.230 e. The van der Waals surface area contributed by atoms with Crippen LogP contribution in [0.15, 0.2) is 0 Å². The molecule has 0 saturated heterocycles. The van der Waals surface area contributed by atoms with Crippen molar-refractivity contribution in [3.63, 3.8) is 0 Å². The van der Waals surface area contributed by atoms with Crippen LogP contribution >= 0.6 is 11.8 Å². The lowest BCUT2D eigenvalue weighted by Crippen LogP contribution is -2.41. The van der Waals surface area contributed by atoms with Crippen molar-refractivity contribution in [2.75, 3.05) is 12.3 Å². The number of amides is 1. The molecule has 3 nitrogen and oxygen atoms in total. The average Bonchev–Trinajstić information content (AvgIpc) is 1.97. The number of rotatable bonds is 4. The molecule has 0 bridgehead atoms. The van der Waals surface area contributed by atoms with Crippen molar-refractivity contribution < 1.29 is 4.79 Å². The molecule has 0 aliphatic rings. The topological polar surface area (TPSA) is 55.1 Å². The van der Waals surface area contributed by atoms with Gasteiger partial charge in [-0.3, -0.25) is 4.79 Å². The number of hydrogen-bond acceptors (Lipinski definition) is 3. The van der Waals surface area contributed by atoms with Crippen molar-refractivity contribution in [1.82, 2.24) is 5.32 Å². The van der Waals surface area contributed by atoms with Crippen molar-refractivity contribution in [3.05, 3.63) is 0 Å². The fraction of sp³-hybridized carbons (Fsp3) is 0.889. The Morgan fingerprint density at radius 3 is 2.46 bits per heavy atom. The van der Waals surface area contributed by atoms with E-state index in [0.29, 0.717) is 17.5 Å². The number of nitrogens with one attached hydrogen (secondary N) is 1. The van der Waals surface area contributed by atoms with Gasteiger partial charge < -0.3 is 11.1 Å². The molecule has 13 heavy (non-hydrogen) atoms. The van der Waals surface area contributed by atoms with Gasteiger partial charge in [-0.25, -0.2) is 0 Å². The summed E-state index contributed by atoms with van der Waals surface area (Å²) in [5.41, 5.74) is 5.30. The zero-order chi connectivity index (χ0) is 10.5. The van der Waals surface area contributed by atoms with E-state index in [9.17, 15) is 4.79 Å². The quantitative estimate of drug-likeness (QED) is 0.718. The molecule has 0 aromatic rings. The maximum absolute atomic E-state index is 11.3. The van der Waals surface area contributed by atoms with Gasteiger partial charge in [-0.05, 0) is 20.8 Å². The SMILES string of the molecule is CC(CN)SCC(=O)NC(C)(C)C. The van der Waals surface area contributed by atoms with E-state index in [2.05, 4.69) is 5.32 Å². The highest BCUT2D eigenvalue weighted by Crippen LogP contribution is 2.08. The molecule has 1 amide bonds. The zero-order valence-corrected chi connectivity index (χ0v) is 9.70. The maximum atomic E-state index is 11.3. The summed E-state index contributed by atoms with van der Waals surface area (Å²) in [4.78, 5) is 11.3.